The summed E-state index contributed by atoms with van der Waals surface area (Å²) in [6, 6.07) is 14.7. The summed E-state index contributed by atoms with van der Waals surface area (Å²) in [4.78, 5) is 17.7. The Morgan fingerprint density at radius 3 is 2.81 bits per heavy atom. The van der Waals surface area contributed by atoms with E-state index in [2.05, 4.69) is 10.3 Å². The van der Waals surface area contributed by atoms with E-state index >= 15 is 0 Å². The molecule has 0 saturated carbocycles. The summed E-state index contributed by atoms with van der Waals surface area (Å²) in [5.41, 5.74) is 1.63. The van der Waals surface area contributed by atoms with Gasteiger partial charge in [-0.3, -0.25) is 4.79 Å². The standard InChI is InChI=1S/C24H26N2O5/c1-3-29-20-11-5-4-10-19(20)26-24-18(23(27)25-15-17-9-7-13-30-17)14-16-8-6-12-21(28-2)22(16)31-24/h4-6,8,10-12,14,17H,3,7,9,13,15H2,1-2H3,(H,25,27)/t17-/m1/s1. The van der Waals surface area contributed by atoms with E-state index in [4.69, 9.17) is 18.6 Å². The van der Waals surface area contributed by atoms with Crippen LogP contribution in [0.2, 0.25) is 0 Å². The predicted octanol–water partition coefficient (Wildman–Crippen LogP) is 3.98. The lowest BCUT2D eigenvalue weighted by molar-refractivity contribution is 0.0854. The van der Waals surface area contributed by atoms with Crippen LogP contribution in [-0.4, -0.2) is 38.9 Å². The third kappa shape index (κ3) is 4.72. The molecule has 1 aliphatic heterocycles. The number of benzene rings is 2. The number of methoxy groups -OCH3 is 1. The highest BCUT2D eigenvalue weighted by Crippen LogP contribution is 2.28. The second-order valence-corrected chi connectivity index (χ2v) is 7.20. The number of carbonyl (C=O) groups excluding carboxylic acids is 1. The highest BCUT2D eigenvalue weighted by molar-refractivity contribution is 5.97. The molecule has 0 radical (unpaired) electrons. The van der Waals surface area contributed by atoms with Crippen molar-refractivity contribution in [2.75, 3.05) is 26.9 Å². The summed E-state index contributed by atoms with van der Waals surface area (Å²) in [5.74, 6) is 0.918. The summed E-state index contributed by atoms with van der Waals surface area (Å²) >= 11 is 0. The van der Waals surface area contributed by atoms with Gasteiger partial charge < -0.3 is 23.9 Å². The summed E-state index contributed by atoms with van der Waals surface area (Å²) in [7, 11) is 1.58. The zero-order chi connectivity index (χ0) is 21.6. The molecule has 0 bridgehead atoms. The fraction of sp³-hybridized carbons (Fsp3) is 0.333. The lowest BCUT2D eigenvalue weighted by atomic mass is 10.1. The van der Waals surface area contributed by atoms with Crippen LogP contribution in [0.3, 0.4) is 0 Å². The largest absolute Gasteiger partial charge is 0.493 e. The van der Waals surface area contributed by atoms with Crippen LogP contribution in [0.15, 0.2) is 57.9 Å². The van der Waals surface area contributed by atoms with Crippen molar-refractivity contribution < 1.29 is 23.4 Å². The van der Waals surface area contributed by atoms with Gasteiger partial charge in [0.1, 0.15) is 17.0 Å². The van der Waals surface area contributed by atoms with Crippen LogP contribution < -0.4 is 20.3 Å². The van der Waals surface area contributed by atoms with E-state index < -0.39 is 0 Å². The Balaban J connectivity index is 1.81. The molecule has 162 valence electrons. The molecule has 0 spiro atoms. The quantitative estimate of drug-likeness (QED) is 0.623. The molecule has 4 rings (SSSR count). The summed E-state index contributed by atoms with van der Waals surface area (Å²) in [5, 5.41) is 3.70. The SMILES string of the molecule is CCOc1ccccc1N=c1oc2c(OC)cccc2cc1C(=O)NC[C@H]1CCCO1. The third-order valence-corrected chi connectivity index (χ3v) is 5.10. The van der Waals surface area contributed by atoms with Gasteiger partial charge in [0.05, 0.1) is 19.8 Å². The minimum absolute atomic E-state index is 0.0421. The maximum atomic E-state index is 13.1. The van der Waals surface area contributed by atoms with Crippen molar-refractivity contribution in [1.29, 1.82) is 0 Å². The number of rotatable bonds is 7. The molecule has 3 aromatic rings. The molecule has 1 N–H and O–H groups in total. The maximum Gasteiger partial charge on any atom is 0.256 e. The van der Waals surface area contributed by atoms with E-state index in [0.717, 1.165) is 24.8 Å². The van der Waals surface area contributed by atoms with Gasteiger partial charge in [-0.05, 0) is 44.0 Å². The van der Waals surface area contributed by atoms with Gasteiger partial charge in [-0.15, -0.1) is 0 Å². The number of hydrogen-bond donors (Lipinski definition) is 1. The van der Waals surface area contributed by atoms with Crippen molar-refractivity contribution in [3.8, 4) is 11.5 Å². The number of amides is 1. The van der Waals surface area contributed by atoms with Crippen molar-refractivity contribution in [3.05, 3.63) is 59.6 Å². The van der Waals surface area contributed by atoms with E-state index in [1.807, 2.05) is 43.3 Å². The molecule has 2 heterocycles. The molecule has 1 saturated heterocycles. The van der Waals surface area contributed by atoms with Gasteiger partial charge in [0.15, 0.2) is 11.3 Å². The van der Waals surface area contributed by atoms with Crippen LogP contribution in [0.25, 0.3) is 11.0 Å². The molecule has 1 amide bonds. The maximum absolute atomic E-state index is 13.1. The fourth-order valence-corrected chi connectivity index (χ4v) is 3.57. The number of fused-ring (bicyclic) bond motifs is 1. The van der Waals surface area contributed by atoms with Crippen LogP contribution in [0.4, 0.5) is 5.69 Å². The lowest BCUT2D eigenvalue weighted by Crippen LogP contribution is -2.34. The first kappa shape index (κ1) is 20.9. The minimum atomic E-state index is -0.267. The Bertz CT molecular complexity index is 1130. The number of carbonyl (C=O) groups is 1. The molecule has 1 fully saturated rings. The van der Waals surface area contributed by atoms with Gasteiger partial charge in [-0.2, -0.15) is 0 Å². The number of hydrogen-bond acceptors (Lipinski definition) is 6. The van der Waals surface area contributed by atoms with Crippen molar-refractivity contribution in [1.82, 2.24) is 5.32 Å². The molecule has 7 heteroatoms. The Hall–Kier alpha value is -3.32. The zero-order valence-electron chi connectivity index (χ0n) is 17.7. The van der Waals surface area contributed by atoms with Crippen LogP contribution in [0, 0.1) is 0 Å². The first-order valence-electron chi connectivity index (χ1n) is 10.5. The zero-order valence-corrected chi connectivity index (χ0v) is 17.7. The first-order chi connectivity index (χ1) is 15.2. The normalized spacial score (nSPS) is 16.5. The molecule has 0 aliphatic carbocycles. The smallest absolute Gasteiger partial charge is 0.256 e. The van der Waals surface area contributed by atoms with Crippen LogP contribution in [0.5, 0.6) is 11.5 Å². The topological polar surface area (TPSA) is 82.3 Å². The van der Waals surface area contributed by atoms with Gasteiger partial charge in [0.2, 0.25) is 5.55 Å². The van der Waals surface area contributed by atoms with Crippen molar-refractivity contribution in [3.63, 3.8) is 0 Å². The number of para-hydroxylation sites is 3. The Labute approximate surface area is 180 Å². The molecule has 0 unspecified atom stereocenters. The number of ether oxygens (including phenoxy) is 3. The third-order valence-electron chi connectivity index (χ3n) is 5.10. The van der Waals surface area contributed by atoms with E-state index in [1.165, 1.54) is 0 Å². The van der Waals surface area contributed by atoms with Gasteiger partial charge >= 0.3 is 0 Å². The average Bonchev–Trinajstić information content (AvgIpc) is 3.32. The van der Waals surface area contributed by atoms with Gasteiger partial charge in [-0.1, -0.05) is 24.3 Å². The van der Waals surface area contributed by atoms with Crippen LogP contribution in [0.1, 0.15) is 30.1 Å². The molecule has 2 aromatic carbocycles. The summed E-state index contributed by atoms with van der Waals surface area (Å²) in [6.07, 6.45) is 2.00. The van der Waals surface area contributed by atoms with Crippen molar-refractivity contribution >= 4 is 22.6 Å². The number of nitrogens with zero attached hydrogens (tertiary/aromatic N) is 1. The van der Waals surface area contributed by atoms with Gasteiger partial charge in [-0.25, -0.2) is 4.99 Å². The monoisotopic (exact) mass is 422 g/mol. The Morgan fingerprint density at radius 2 is 2.03 bits per heavy atom. The highest BCUT2D eigenvalue weighted by Gasteiger charge is 2.19. The summed E-state index contributed by atoms with van der Waals surface area (Å²) < 4.78 is 22.8. The van der Waals surface area contributed by atoms with Crippen LogP contribution in [-0.2, 0) is 4.74 Å². The van der Waals surface area contributed by atoms with Crippen LogP contribution >= 0.6 is 0 Å². The highest BCUT2D eigenvalue weighted by atomic mass is 16.5. The molecule has 1 atom stereocenters. The van der Waals surface area contributed by atoms with Gasteiger partial charge in [0, 0.05) is 18.5 Å². The molecule has 1 aliphatic rings. The van der Waals surface area contributed by atoms with E-state index in [0.29, 0.717) is 41.5 Å². The first-order valence-corrected chi connectivity index (χ1v) is 10.5. The predicted molar refractivity (Wildman–Crippen MR) is 117 cm³/mol. The Morgan fingerprint density at radius 1 is 1.19 bits per heavy atom. The van der Waals surface area contributed by atoms with E-state index in [-0.39, 0.29) is 17.6 Å². The molecule has 1 aromatic heterocycles. The lowest BCUT2D eigenvalue weighted by Gasteiger charge is -2.12. The van der Waals surface area contributed by atoms with E-state index in [9.17, 15) is 4.79 Å². The van der Waals surface area contributed by atoms with Crippen molar-refractivity contribution in [2.45, 2.75) is 25.9 Å². The number of nitrogens with one attached hydrogen (secondary N) is 1. The second kappa shape index (κ2) is 9.66. The average molecular weight is 422 g/mol. The minimum Gasteiger partial charge on any atom is -0.493 e. The molecular weight excluding hydrogens is 396 g/mol. The van der Waals surface area contributed by atoms with E-state index in [1.54, 1.807) is 19.2 Å². The molecule has 7 nitrogen and oxygen atoms in total. The molecular formula is C24H26N2O5. The van der Waals surface area contributed by atoms with Crippen molar-refractivity contribution in [2.24, 2.45) is 4.99 Å². The molecule has 31 heavy (non-hydrogen) atoms. The fourth-order valence-electron chi connectivity index (χ4n) is 3.57. The summed E-state index contributed by atoms with van der Waals surface area (Å²) in [6.45, 7) is 3.60. The van der Waals surface area contributed by atoms with Gasteiger partial charge in [0.25, 0.3) is 5.91 Å². The Kier molecular flexibility index (Phi) is 6.52. The second-order valence-electron chi connectivity index (χ2n) is 7.20.